The molecule has 0 unspecified atom stereocenters. The summed E-state index contributed by atoms with van der Waals surface area (Å²) in [6.45, 7) is 8.94. The summed E-state index contributed by atoms with van der Waals surface area (Å²) in [5, 5.41) is 8.45. The van der Waals surface area contributed by atoms with Gasteiger partial charge in [-0.15, -0.1) is 5.10 Å². The third kappa shape index (κ3) is 2.29. The minimum atomic E-state index is -0.0397. The van der Waals surface area contributed by atoms with Gasteiger partial charge in [-0.25, -0.2) is 4.68 Å². The number of hydrogen-bond donors (Lipinski definition) is 1. The Bertz CT molecular complexity index is 549. The molecule has 0 atom stereocenters. The summed E-state index contributed by atoms with van der Waals surface area (Å²) in [7, 11) is 0. The smallest absolute Gasteiger partial charge is 0.100 e. The second-order valence-electron chi connectivity index (χ2n) is 5.59. The Labute approximate surface area is 108 Å². The molecule has 0 fully saturated rings. The van der Waals surface area contributed by atoms with Gasteiger partial charge in [0.15, 0.2) is 0 Å². The van der Waals surface area contributed by atoms with Gasteiger partial charge in [-0.2, -0.15) is 0 Å². The molecule has 0 aliphatic heterocycles. The van der Waals surface area contributed by atoms with Crippen LogP contribution in [0.5, 0.6) is 0 Å². The van der Waals surface area contributed by atoms with Crippen molar-refractivity contribution in [1.29, 1.82) is 0 Å². The maximum Gasteiger partial charge on any atom is 0.100 e. The van der Waals surface area contributed by atoms with Crippen molar-refractivity contribution in [3.63, 3.8) is 0 Å². The maximum absolute atomic E-state index is 5.75. The van der Waals surface area contributed by atoms with E-state index in [-0.39, 0.29) is 5.41 Å². The van der Waals surface area contributed by atoms with E-state index in [2.05, 4.69) is 50.1 Å². The fourth-order valence-corrected chi connectivity index (χ4v) is 2.14. The molecule has 0 saturated carbocycles. The largest absolute Gasteiger partial charge is 0.325 e. The lowest BCUT2D eigenvalue weighted by Gasteiger charge is -2.21. The minimum absolute atomic E-state index is 0.0397. The quantitative estimate of drug-likeness (QED) is 0.882. The summed E-state index contributed by atoms with van der Waals surface area (Å²) in [4.78, 5) is 0. The van der Waals surface area contributed by atoms with Gasteiger partial charge in [0.25, 0.3) is 0 Å². The summed E-state index contributed by atoms with van der Waals surface area (Å²) >= 11 is 0. The molecule has 1 heterocycles. The van der Waals surface area contributed by atoms with E-state index in [1.165, 1.54) is 5.56 Å². The molecule has 0 saturated heterocycles. The number of nitrogens with zero attached hydrogens (tertiary/aromatic N) is 3. The highest BCUT2D eigenvalue weighted by atomic mass is 15.4. The number of benzene rings is 1. The van der Waals surface area contributed by atoms with Gasteiger partial charge in [-0.3, -0.25) is 0 Å². The zero-order chi connectivity index (χ0) is 13.3. The van der Waals surface area contributed by atoms with Crippen LogP contribution in [0.3, 0.4) is 0 Å². The second-order valence-corrected chi connectivity index (χ2v) is 5.59. The normalized spacial score (nSPS) is 11.8. The number of aryl methyl sites for hydroxylation is 1. The van der Waals surface area contributed by atoms with Gasteiger partial charge >= 0.3 is 0 Å². The van der Waals surface area contributed by atoms with E-state index in [0.29, 0.717) is 6.54 Å². The van der Waals surface area contributed by atoms with Crippen LogP contribution in [-0.2, 0) is 12.0 Å². The SMILES string of the molecule is Cc1cccc(-n2nnc(CN)c2C(C)(C)C)c1. The second kappa shape index (κ2) is 4.53. The summed E-state index contributed by atoms with van der Waals surface area (Å²) in [6, 6.07) is 8.24. The summed E-state index contributed by atoms with van der Waals surface area (Å²) in [5.41, 5.74) is 9.90. The average Bonchev–Trinajstić information content (AvgIpc) is 2.72. The van der Waals surface area contributed by atoms with Crippen LogP contribution in [0, 0.1) is 6.92 Å². The molecule has 18 heavy (non-hydrogen) atoms. The fraction of sp³-hybridized carbons (Fsp3) is 0.429. The van der Waals surface area contributed by atoms with Gasteiger partial charge in [0.2, 0.25) is 0 Å². The summed E-state index contributed by atoms with van der Waals surface area (Å²) < 4.78 is 1.90. The van der Waals surface area contributed by atoms with Crippen molar-refractivity contribution in [3.8, 4) is 5.69 Å². The zero-order valence-corrected chi connectivity index (χ0v) is 11.4. The molecule has 1 aromatic heterocycles. The third-order valence-corrected chi connectivity index (χ3v) is 2.89. The lowest BCUT2D eigenvalue weighted by atomic mass is 9.90. The van der Waals surface area contributed by atoms with Crippen LogP contribution in [-0.4, -0.2) is 15.0 Å². The first-order chi connectivity index (χ1) is 8.43. The number of hydrogen-bond acceptors (Lipinski definition) is 3. The lowest BCUT2D eigenvalue weighted by Crippen LogP contribution is -2.20. The van der Waals surface area contributed by atoms with Crippen molar-refractivity contribution in [2.24, 2.45) is 5.73 Å². The Kier molecular flexibility index (Phi) is 3.22. The van der Waals surface area contributed by atoms with Crippen molar-refractivity contribution in [1.82, 2.24) is 15.0 Å². The van der Waals surface area contributed by atoms with E-state index in [4.69, 9.17) is 5.73 Å². The maximum atomic E-state index is 5.75. The van der Waals surface area contributed by atoms with E-state index in [1.54, 1.807) is 0 Å². The average molecular weight is 244 g/mol. The highest BCUT2D eigenvalue weighted by Gasteiger charge is 2.25. The molecular formula is C14H20N4. The molecule has 0 aliphatic carbocycles. The highest BCUT2D eigenvalue weighted by Crippen LogP contribution is 2.26. The Morgan fingerprint density at radius 1 is 1.28 bits per heavy atom. The van der Waals surface area contributed by atoms with Crippen molar-refractivity contribution in [2.45, 2.75) is 39.7 Å². The molecule has 0 aliphatic rings. The monoisotopic (exact) mass is 244 g/mol. The molecule has 4 heteroatoms. The van der Waals surface area contributed by atoms with Gasteiger partial charge in [-0.1, -0.05) is 38.1 Å². The van der Waals surface area contributed by atoms with Gasteiger partial charge in [0, 0.05) is 12.0 Å². The minimum Gasteiger partial charge on any atom is -0.325 e. The van der Waals surface area contributed by atoms with Gasteiger partial charge in [0.1, 0.15) is 5.69 Å². The topological polar surface area (TPSA) is 56.7 Å². The summed E-state index contributed by atoms with van der Waals surface area (Å²) in [5.74, 6) is 0. The van der Waals surface area contributed by atoms with Crippen molar-refractivity contribution >= 4 is 0 Å². The molecule has 4 nitrogen and oxygen atoms in total. The first-order valence-corrected chi connectivity index (χ1v) is 6.15. The molecule has 96 valence electrons. The number of nitrogens with two attached hydrogens (primary N) is 1. The first-order valence-electron chi connectivity index (χ1n) is 6.15. The molecule has 2 N–H and O–H groups in total. The number of aromatic nitrogens is 3. The van der Waals surface area contributed by atoms with Crippen LogP contribution in [0.4, 0.5) is 0 Å². The highest BCUT2D eigenvalue weighted by molar-refractivity contribution is 5.38. The van der Waals surface area contributed by atoms with E-state index in [9.17, 15) is 0 Å². The Morgan fingerprint density at radius 2 is 2.00 bits per heavy atom. The summed E-state index contributed by atoms with van der Waals surface area (Å²) in [6.07, 6.45) is 0. The fourth-order valence-electron chi connectivity index (χ4n) is 2.14. The Hall–Kier alpha value is -1.68. The Balaban J connectivity index is 2.62. The van der Waals surface area contributed by atoms with E-state index in [1.807, 2.05) is 16.8 Å². The molecule has 2 aromatic rings. The molecule has 0 bridgehead atoms. The van der Waals surface area contributed by atoms with Crippen molar-refractivity contribution in [3.05, 3.63) is 41.2 Å². The van der Waals surface area contributed by atoms with Crippen LogP contribution in [0.15, 0.2) is 24.3 Å². The molecule has 0 amide bonds. The van der Waals surface area contributed by atoms with Crippen LogP contribution in [0.1, 0.15) is 37.7 Å². The van der Waals surface area contributed by atoms with Gasteiger partial charge < -0.3 is 5.73 Å². The predicted octanol–water partition coefficient (Wildman–Crippen LogP) is 2.33. The van der Waals surface area contributed by atoms with Crippen molar-refractivity contribution < 1.29 is 0 Å². The van der Waals surface area contributed by atoms with E-state index >= 15 is 0 Å². The van der Waals surface area contributed by atoms with Crippen LogP contribution < -0.4 is 5.73 Å². The predicted molar refractivity (Wildman–Crippen MR) is 72.7 cm³/mol. The third-order valence-electron chi connectivity index (χ3n) is 2.89. The molecule has 1 aromatic carbocycles. The van der Waals surface area contributed by atoms with Gasteiger partial charge in [-0.05, 0) is 24.6 Å². The van der Waals surface area contributed by atoms with Crippen LogP contribution in [0.2, 0.25) is 0 Å². The molecular weight excluding hydrogens is 224 g/mol. The standard InChI is InChI=1S/C14H20N4/c1-10-6-5-7-11(8-10)18-13(14(2,3)4)12(9-15)16-17-18/h5-8H,9,15H2,1-4H3. The first kappa shape index (κ1) is 12.8. The molecule has 2 rings (SSSR count). The Morgan fingerprint density at radius 3 is 2.56 bits per heavy atom. The van der Waals surface area contributed by atoms with E-state index in [0.717, 1.165) is 17.1 Å². The van der Waals surface area contributed by atoms with Crippen LogP contribution in [0.25, 0.3) is 5.69 Å². The van der Waals surface area contributed by atoms with Crippen molar-refractivity contribution in [2.75, 3.05) is 0 Å². The zero-order valence-electron chi connectivity index (χ0n) is 11.4. The van der Waals surface area contributed by atoms with Crippen LogP contribution >= 0.6 is 0 Å². The lowest BCUT2D eigenvalue weighted by molar-refractivity contribution is 0.537. The molecule has 0 spiro atoms. The number of rotatable bonds is 2. The molecule has 0 radical (unpaired) electrons. The van der Waals surface area contributed by atoms with E-state index < -0.39 is 0 Å². The van der Waals surface area contributed by atoms with Gasteiger partial charge in [0.05, 0.1) is 11.4 Å².